The topological polar surface area (TPSA) is 232 Å². The number of Topliss-reactive ketones (excluding diaryl/α,β-unsaturated/α-hetero) is 1. The first-order chi connectivity index (χ1) is 28.8. The second-order valence-electron chi connectivity index (χ2n) is 11.7. The summed E-state index contributed by atoms with van der Waals surface area (Å²) >= 11 is 4.24. The first-order valence-electron chi connectivity index (χ1n) is 16.1. The van der Waals surface area contributed by atoms with Crippen LogP contribution in [0.3, 0.4) is 0 Å². The molecule has 6 unspecified atom stereocenters. The van der Waals surface area contributed by atoms with Gasteiger partial charge in [0.2, 0.25) is 5.78 Å². The van der Waals surface area contributed by atoms with Gasteiger partial charge in [0, 0.05) is 64.6 Å². The second kappa shape index (κ2) is 33.5. The largest absolute Gasteiger partial charge is 1.00 e. The number of hydrogen-bond donors (Lipinski definition) is 2. The maximum Gasteiger partial charge on any atom is 1.00 e. The Bertz CT molecular complexity index is 1500. The predicted molar refractivity (Wildman–Crippen MR) is 206 cm³/mol. The molecule has 0 aromatic heterocycles. The fraction of sp³-hybridized carbons (Fsp3) is 0.767. The summed E-state index contributed by atoms with van der Waals surface area (Å²) in [6.45, 7) is 2.65. The number of hydrogen-bond acceptors (Lipinski definition) is 17. The smallest absolute Gasteiger partial charge is 0.662 e. The molecule has 0 spiro atoms. The third-order valence-electron chi connectivity index (χ3n) is 6.61. The van der Waals surface area contributed by atoms with E-state index >= 15 is 0 Å². The Morgan fingerprint density at radius 1 is 0.879 bits per heavy atom. The zero-order chi connectivity index (χ0) is 51.9. The summed E-state index contributed by atoms with van der Waals surface area (Å²) in [7, 11) is 2.49. The van der Waals surface area contributed by atoms with Crippen LogP contribution in [-0.2, 0) is 66.8 Å². The molecular formula is C30H39F15I3NaO17. The van der Waals surface area contributed by atoms with Gasteiger partial charge in [-0.1, -0.05) is 0 Å². The van der Waals surface area contributed by atoms with Gasteiger partial charge >= 0.3 is 95.5 Å². The van der Waals surface area contributed by atoms with Gasteiger partial charge in [0.25, 0.3) is 18.0 Å². The number of ether oxygens (including phenoxy) is 8. The van der Waals surface area contributed by atoms with Crippen molar-refractivity contribution in [3.63, 3.8) is 0 Å². The van der Waals surface area contributed by atoms with Crippen molar-refractivity contribution >= 4 is 91.4 Å². The monoisotopic (exact) mass is 1360 g/mol. The number of ketones is 1. The number of alkyl halides is 12. The van der Waals surface area contributed by atoms with E-state index in [2.05, 4.69) is 70.5 Å². The molecule has 0 aromatic rings. The molecule has 388 valence electrons. The molecular weight excluding hydrogens is 1320 g/mol. The third-order valence-corrected chi connectivity index (χ3v) is 6.61. The van der Waals surface area contributed by atoms with Crippen LogP contribution in [0.5, 0.6) is 0 Å². The summed E-state index contributed by atoms with van der Waals surface area (Å²) in [4.78, 5) is 52.5. The van der Waals surface area contributed by atoms with Crippen LogP contribution in [0.15, 0.2) is 12.0 Å². The van der Waals surface area contributed by atoms with Gasteiger partial charge in [0.15, 0.2) is 6.61 Å². The van der Waals surface area contributed by atoms with E-state index in [1.807, 2.05) is 6.92 Å². The number of carbonyl (C=O) groups is 5. The summed E-state index contributed by atoms with van der Waals surface area (Å²) in [6.07, 6.45) is -14.3. The summed E-state index contributed by atoms with van der Waals surface area (Å²) < 4.78 is 217. The molecule has 3 aliphatic rings. The normalized spacial score (nSPS) is 26.0. The van der Waals surface area contributed by atoms with Crippen molar-refractivity contribution in [2.75, 3.05) is 40.6 Å². The molecule has 0 aromatic carbocycles. The number of halogens is 18. The van der Waals surface area contributed by atoms with Gasteiger partial charge in [-0.3, -0.25) is 19.1 Å². The van der Waals surface area contributed by atoms with E-state index < -0.39 is 96.5 Å². The summed E-state index contributed by atoms with van der Waals surface area (Å²) in [5, 5.41) is 24.9. The molecule has 0 aliphatic carbocycles. The van der Waals surface area contributed by atoms with Crippen LogP contribution in [0.25, 0.3) is 0 Å². The SMILES string of the molecule is CC(O)CCO.CC1(C(=O)F)OCC(F)(F)C(F)(C(F)(F)F)O1.COC(=O)C(C)=O.COC(=O)C1(C)OCCC(C)O1.FC(F)=C1OCC(F)(F)C(F)(C(F)(F)F)O1.I.II.O=CO[O-].[Na+]. The van der Waals surface area contributed by atoms with E-state index in [4.69, 9.17) is 29.7 Å². The van der Waals surface area contributed by atoms with Crippen molar-refractivity contribution in [3.8, 4) is 0 Å². The maximum absolute atomic E-state index is 13.2. The van der Waals surface area contributed by atoms with E-state index in [9.17, 15) is 85.0 Å². The molecule has 3 aliphatic heterocycles. The van der Waals surface area contributed by atoms with E-state index in [-0.39, 0.29) is 85.7 Å². The van der Waals surface area contributed by atoms with Gasteiger partial charge in [-0.15, -0.1) is 24.0 Å². The number of carbonyl (C=O) groups excluding carboxylic acids is 5. The molecule has 2 N–H and O–H groups in total. The number of methoxy groups -OCH3 is 2. The summed E-state index contributed by atoms with van der Waals surface area (Å²) in [6, 6.07) is -2.65. The van der Waals surface area contributed by atoms with Crippen LogP contribution < -0.4 is 34.8 Å². The van der Waals surface area contributed by atoms with Crippen molar-refractivity contribution in [2.24, 2.45) is 0 Å². The fourth-order valence-corrected chi connectivity index (χ4v) is 3.41. The average Bonchev–Trinajstić information content (AvgIpc) is 3.17. The molecule has 3 fully saturated rings. The standard InChI is InChI=1S/C8H14O4.C7H5F7O3.C6H2F8O2.C4H6O3.C4H10O2.CH2O3.I2.HI.Na/c1-6-4-5-11-8(2,12-6)7(9)10-3;1-4(3(8)15)16-2-5(9,10)6(11,17-4)7(12,13)14;7-2(8)3-15-1-4(9,10)5(11,16-3)6(12,13)14;1-3(5)4(6)7-2;1-4(6)2-3-5;2-1-4-3;1-2;;/h6H,4-5H2,1-3H3;2H2,1H3;1H2;1-2H3;4-6H,2-3H2,1H3;1,3H;;1H;/q;;;;;;;;+1/p-1. The van der Waals surface area contributed by atoms with Crippen molar-refractivity contribution in [2.45, 2.75) is 107 Å². The number of aliphatic hydroxyl groups is 2. The number of rotatable bonds is 6. The van der Waals surface area contributed by atoms with Gasteiger partial charge in [-0.25, -0.2) is 9.59 Å². The molecule has 0 radical (unpaired) electrons. The fourth-order valence-electron chi connectivity index (χ4n) is 3.41. The van der Waals surface area contributed by atoms with Crippen molar-refractivity contribution < 1.29 is 178 Å². The zero-order valence-corrected chi connectivity index (χ0v) is 43.5. The Morgan fingerprint density at radius 2 is 1.32 bits per heavy atom. The molecule has 3 rings (SSSR count). The quantitative estimate of drug-likeness (QED) is 0.0448. The Kier molecular flexibility index (Phi) is 38.8. The Labute approximate surface area is 425 Å². The Hall–Kier alpha value is -1.05. The molecule has 0 saturated carbocycles. The molecule has 3 heterocycles. The van der Waals surface area contributed by atoms with Crippen LogP contribution in [0.2, 0.25) is 0 Å². The predicted octanol–water partition coefficient (Wildman–Crippen LogP) is 3.10. The van der Waals surface area contributed by atoms with Crippen LogP contribution in [-0.4, -0.2) is 141 Å². The van der Waals surface area contributed by atoms with E-state index in [1.54, 1.807) is 13.8 Å². The second-order valence-corrected chi connectivity index (χ2v) is 11.7. The van der Waals surface area contributed by atoms with Crippen molar-refractivity contribution in [1.29, 1.82) is 0 Å². The zero-order valence-electron chi connectivity index (χ0n) is 34.8. The van der Waals surface area contributed by atoms with Gasteiger partial charge in [0.05, 0.1) is 33.0 Å². The van der Waals surface area contributed by atoms with Crippen molar-refractivity contribution in [1.82, 2.24) is 0 Å². The van der Waals surface area contributed by atoms with Crippen LogP contribution in [0, 0.1) is 0 Å². The first-order valence-corrected chi connectivity index (χ1v) is 22.4. The molecule has 3 saturated heterocycles. The first kappa shape index (κ1) is 76.4. The maximum atomic E-state index is 13.2. The summed E-state index contributed by atoms with van der Waals surface area (Å²) in [5.74, 6) is -29.8. The molecule has 36 heteroatoms. The van der Waals surface area contributed by atoms with Gasteiger partial charge in [0.1, 0.15) is 6.61 Å². The van der Waals surface area contributed by atoms with E-state index in [0.717, 1.165) is 13.3 Å². The molecule has 0 amide bonds. The molecule has 6 atom stereocenters. The minimum absolute atomic E-state index is 0. The van der Waals surface area contributed by atoms with Crippen LogP contribution in [0.4, 0.5) is 65.9 Å². The molecule has 17 nitrogen and oxygen atoms in total. The minimum Gasteiger partial charge on any atom is -0.662 e. The average molecular weight is 1360 g/mol. The van der Waals surface area contributed by atoms with Gasteiger partial charge in [-0.05, 0) is 26.7 Å². The van der Waals surface area contributed by atoms with Gasteiger partial charge in [-0.2, -0.15) is 65.9 Å². The van der Waals surface area contributed by atoms with E-state index in [0.29, 0.717) is 13.0 Å². The molecule has 0 bridgehead atoms. The minimum atomic E-state index is -6.18. The summed E-state index contributed by atoms with van der Waals surface area (Å²) in [5.41, 5.74) is 0. The number of esters is 2. The van der Waals surface area contributed by atoms with Gasteiger partial charge < -0.3 is 53.5 Å². The van der Waals surface area contributed by atoms with Crippen LogP contribution >= 0.6 is 61.2 Å². The Morgan fingerprint density at radius 3 is 1.59 bits per heavy atom. The van der Waals surface area contributed by atoms with Crippen molar-refractivity contribution in [3.05, 3.63) is 12.0 Å². The number of aliphatic hydroxyl groups excluding tert-OH is 2. The van der Waals surface area contributed by atoms with Crippen LogP contribution in [0.1, 0.15) is 47.5 Å². The Balaban J connectivity index is -0.000000171. The third kappa shape index (κ3) is 24.7. The van der Waals surface area contributed by atoms with E-state index in [1.165, 1.54) is 14.2 Å². The molecule has 66 heavy (non-hydrogen) atoms.